The molecule has 1 aliphatic carbocycles. The summed E-state index contributed by atoms with van der Waals surface area (Å²) in [5.41, 5.74) is -2.06. The molecule has 21 heavy (non-hydrogen) atoms. The van der Waals surface area contributed by atoms with E-state index in [1.165, 1.54) is 0 Å². The Balaban J connectivity index is 2.78. The van der Waals surface area contributed by atoms with Gasteiger partial charge in [0.25, 0.3) is 0 Å². The third-order valence-electron chi connectivity index (χ3n) is 3.73. The highest BCUT2D eigenvalue weighted by Gasteiger charge is 2.51. The number of aliphatic hydroxyl groups is 3. The molecule has 4 heteroatoms. The maximum atomic E-state index is 10.3. The molecule has 1 saturated carbocycles. The average molecular weight is 298 g/mol. The summed E-state index contributed by atoms with van der Waals surface area (Å²) in [6.07, 6.45) is 4.72. The van der Waals surface area contributed by atoms with Crippen LogP contribution in [0.5, 0.6) is 0 Å². The summed E-state index contributed by atoms with van der Waals surface area (Å²) < 4.78 is 5.91. The third kappa shape index (κ3) is 5.60. The molecule has 3 N–H and O–H groups in total. The molecule has 0 aromatic heterocycles. The fourth-order valence-electron chi connectivity index (χ4n) is 2.53. The van der Waals surface area contributed by atoms with E-state index in [0.29, 0.717) is 6.42 Å². The van der Waals surface area contributed by atoms with Gasteiger partial charge in [-0.15, -0.1) is 0 Å². The van der Waals surface area contributed by atoms with E-state index < -0.39 is 11.4 Å². The quantitative estimate of drug-likeness (QED) is 0.414. The fourth-order valence-corrected chi connectivity index (χ4v) is 2.53. The van der Waals surface area contributed by atoms with Crippen molar-refractivity contribution in [1.29, 1.82) is 0 Å². The molecule has 0 aliphatic heterocycles. The third-order valence-corrected chi connectivity index (χ3v) is 3.73. The molecule has 1 rings (SSSR count). The summed E-state index contributed by atoms with van der Waals surface area (Å²) in [7, 11) is 0. The van der Waals surface area contributed by atoms with E-state index in [9.17, 15) is 15.3 Å². The first kappa shape index (κ1) is 18.4. The van der Waals surface area contributed by atoms with Gasteiger partial charge in [-0.1, -0.05) is 31.6 Å². The number of rotatable bonds is 5. The molecule has 0 radical (unpaired) electrons. The van der Waals surface area contributed by atoms with Gasteiger partial charge in [0.1, 0.15) is 6.10 Å². The fraction of sp³-hybridized carbons (Fsp3) is 0.882. The van der Waals surface area contributed by atoms with Gasteiger partial charge in [0.2, 0.25) is 5.79 Å². The molecule has 0 heterocycles. The Hall–Kier alpha value is -0.600. The van der Waals surface area contributed by atoms with Crippen molar-refractivity contribution in [2.45, 2.75) is 95.7 Å². The van der Waals surface area contributed by atoms with E-state index in [4.69, 9.17) is 4.74 Å². The summed E-state index contributed by atoms with van der Waals surface area (Å²) in [6, 6.07) is 0. The van der Waals surface area contributed by atoms with Gasteiger partial charge in [0, 0.05) is 6.42 Å². The van der Waals surface area contributed by atoms with Crippen LogP contribution in [0.2, 0.25) is 0 Å². The largest absolute Gasteiger partial charge is 0.372 e. The highest BCUT2D eigenvalue weighted by atomic mass is 16.5. The predicted octanol–water partition coefficient (Wildman–Crippen LogP) is 2.35. The molecule has 0 amide bonds. The predicted molar refractivity (Wildman–Crippen MR) is 82.5 cm³/mol. The Bertz CT molecular complexity index is 386. The SMILES string of the molecule is CCCCCC(C#CC1(O)CCCC1(O)O)OC(C)(C)C. The van der Waals surface area contributed by atoms with Gasteiger partial charge in [0.15, 0.2) is 5.60 Å². The van der Waals surface area contributed by atoms with Crippen LogP contribution in [0.3, 0.4) is 0 Å². The Morgan fingerprint density at radius 1 is 1.14 bits per heavy atom. The maximum Gasteiger partial charge on any atom is 0.204 e. The van der Waals surface area contributed by atoms with Crippen LogP contribution in [0.4, 0.5) is 0 Å². The van der Waals surface area contributed by atoms with Crippen LogP contribution in [0.1, 0.15) is 72.6 Å². The monoisotopic (exact) mass is 298 g/mol. The maximum absolute atomic E-state index is 10.3. The zero-order chi connectivity index (χ0) is 16.1. The number of hydrogen-bond acceptors (Lipinski definition) is 4. The zero-order valence-electron chi connectivity index (χ0n) is 13.8. The van der Waals surface area contributed by atoms with Crippen molar-refractivity contribution in [3.05, 3.63) is 0 Å². The number of ether oxygens (including phenoxy) is 1. The lowest BCUT2D eigenvalue weighted by Crippen LogP contribution is -2.49. The van der Waals surface area contributed by atoms with Crippen LogP contribution in [-0.2, 0) is 4.74 Å². The average Bonchev–Trinajstić information content (AvgIpc) is 2.60. The Labute approximate surface area is 128 Å². The van der Waals surface area contributed by atoms with Crippen molar-refractivity contribution >= 4 is 0 Å². The minimum atomic E-state index is -2.12. The van der Waals surface area contributed by atoms with E-state index in [0.717, 1.165) is 25.7 Å². The molecule has 0 bridgehead atoms. The first-order valence-electron chi connectivity index (χ1n) is 7.97. The molecule has 1 fully saturated rings. The second-order valence-electron chi connectivity index (χ2n) is 7.01. The van der Waals surface area contributed by atoms with E-state index in [-0.39, 0.29) is 24.5 Å². The minimum absolute atomic E-state index is 0.152. The van der Waals surface area contributed by atoms with E-state index in [1.54, 1.807) is 0 Å². The Morgan fingerprint density at radius 3 is 2.29 bits per heavy atom. The van der Waals surface area contributed by atoms with Crippen LogP contribution in [0.15, 0.2) is 0 Å². The standard InChI is InChI=1S/C17H30O4/c1-5-6-7-9-14(21-15(2,3)4)10-13-16(18)11-8-12-17(16,19)20/h14,18-20H,5-9,11-12H2,1-4H3. The summed E-state index contributed by atoms with van der Waals surface area (Å²) in [6.45, 7) is 8.04. The van der Waals surface area contributed by atoms with Crippen LogP contribution in [0.25, 0.3) is 0 Å². The van der Waals surface area contributed by atoms with Crippen molar-refractivity contribution in [1.82, 2.24) is 0 Å². The lowest BCUT2D eigenvalue weighted by Gasteiger charge is -2.29. The summed E-state index contributed by atoms with van der Waals surface area (Å²) in [5, 5.41) is 30.0. The van der Waals surface area contributed by atoms with Crippen molar-refractivity contribution < 1.29 is 20.1 Å². The van der Waals surface area contributed by atoms with Crippen molar-refractivity contribution in [2.24, 2.45) is 0 Å². The smallest absolute Gasteiger partial charge is 0.204 e. The van der Waals surface area contributed by atoms with Crippen LogP contribution < -0.4 is 0 Å². The van der Waals surface area contributed by atoms with Gasteiger partial charge in [-0.05, 0) is 46.5 Å². The van der Waals surface area contributed by atoms with Crippen LogP contribution in [-0.4, -0.2) is 38.4 Å². The second kappa shape index (κ2) is 7.11. The van der Waals surface area contributed by atoms with Gasteiger partial charge in [0.05, 0.1) is 5.60 Å². The van der Waals surface area contributed by atoms with Gasteiger partial charge in [-0.3, -0.25) is 0 Å². The molecule has 2 atom stereocenters. The van der Waals surface area contributed by atoms with Crippen molar-refractivity contribution in [3.8, 4) is 11.8 Å². The van der Waals surface area contributed by atoms with Gasteiger partial charge < -0.3 is 20.1 Å². The Morgan fingerprint density at radius 2 is 1.81 bits per heavy atom. The van der Waals surface area contributed by atoms with Crippen LogP contribution in [0, 0.1) is 11.8 Å². The van der Waals surface area contributed by atoms with Crippen molar-refractivity contribution in [2.75, 3.05) is 0 Å². The van der Waals surface area contributed by atoms with Gasteiger partial charge in [-0.25, -0.2) is 0 Å². The van der Waals surface area contributed by atoms with Gasteiger partial charge >= 0.3 is 0 Å². The van der Waals surface area contributed by atoms with E-state index >= 15 is 0 Å². The first-order valence-corrected chi connectivity index (χ1v) is 7.97. The molecule has 0 spiro atoms. The van der Waals surface area contributed by atoms with E-state index in [2.05, 4.69) is 18.8 Å². The number of unbranched alkanes of at least 4 members (excludes halogenated alkanes) is 2. The first-order chi connectivity index (χ1) is 9.60. The highest BCUT2D eigenvalue weighted by molar-refractivity contribution is 5.23. The topological polar surface area (TPSA) is 69.9 Å². The lowest BCUT2D eigenvalue weighted by molar-refractivity contribution is -0.235. The molecular formula is C17H30O4. The van der Waals surface area contributed by atoms with Crippen LogP contribution >= 0.6 is 0 Å². The molecule has 122 valence electrons. The van der Waals surface area contributed by atoms with Gasteiger partial charge in [-0.2, -0.15) is 0 Å². The van der Waals surface area contributed by atoms with Crippen molar-refractivity contribution in [3.63, 3.8) is 0 Å². The minimum Gasteiger partial charge on any atom is -0.372 e. The lowest BCUT2D eigenvalue weighted by atomic mass is 9.96. The summed E-state index contributed by atoms with van der Waals surface area (Å²) in [4.78, 5) is 0. The molecule has 0 aromatic carbocycles. The summed E-state index contributed by atoms with van der Waals surface area (Å²) >= 11 is 0. The van der Waals surface area contributed by atoms with E-state index in [1.807, 2.05) is 20.8 Å². The summed E-state index contributed by atoms with van der Waals surface area (Å²) in [5.74, 6) is 3.49. The molecular weight excluding hydrogens is 268 g/mol. The molecule has 1 aliphatic rings. The molecule has 4 nitrogen and oxygen atoms in total. The number of hydrogen-bond donors (Lipinski definition) is 3. The molecule has 0 saturated heterocycles. The zero-order valence-corrected chi connectivity index (χ0v) is 13.8. The normalized spacial score (nSPS) is 26.2. The molecule has 0 aromatic rings. The molecule has 2 unspecified atom stereocenters. The highest BCUT2D eigenvalue weighted by Crippen LogP contribution is 2.36. The Kier molecular flexibility index (Phi) is 6.24. The second-order valence-corrected chi connectivity index (χ2v) is 7.01.